The Morgan fingerprint density at radius 2 is 0.952 bits per heavy atom. The molecule has 0 amide bonds. The number of esters is 2. The summed E-state index contributed by atoms with van der Waals surface area (Å²) >= 11 is 0. The fraction of sp³-hybridized carbons (Fsp3) is 0.833. The first-order valence-electron chi connectivity index (χ1n) is 6.85. The number of sulfone groups is 2. The van der Waals surface area contributed by atoms with Crippen LogP contribution in [0.3, 0.4) is 0 Å². The molecule has 120 valence electrons. The van der Waals surface area contributed by atoms with Gasteiger partial charge in [-0.25, -0.2) is 16.8 Å². The van der Waals surface area contributed by atoms with Crippen molar-refractivity contribution < 1.29 is 31.2 Å². The van der Waals surface area contributed by atoms with Gasteiger partial charge >= 0.3 is 11.9 Å². The summed E-state index contributed by atoms with van der Waals surface area (Å²) in [5.74, 6) is -2.78. The molecular formula is C12H18O7S2. The highest BCUT2D eigenvalue weighted by molar-refractivity contribution is 7.91. The molecule has 0 N–H and O–H groups in total. The molecule has 0 aromatic rings. The third kappa shape index (κ3) is 4.50. The SMILES string of the molecule is O=C(OC(=O)C1CCS(=O)(=O)CC1)C1CCS(=O)(=O)CC1. The van der Waals surface area contributed by atoms with Gasteiger partial charge in [-0.1, -0.05) is 0 Å². The maximum absolute atomic E-state index is 11.8. The molecule has 2 aliphatic rings. The summed E-state index contributed by atoms with van der Waals surface area (Å²) in [6.45, 7) is 0. The zero-order valence-electron chi connectivity index (χ0n) is 11.5. The smallest absolute Gasteiger partial charge is 0.316 e. The fourth-order valence-electron chi connectivity index (χ4n) is 2.52. The van der Waals surface area contributed by atoms with Crippen LogP contribution < -0.4 is 0 Å². The van der Waals surface area contributed by atoms with Gasteiger partial charge < -0.3 is 4.74 Å². The van der Waals surface area contributed by atoms with Gasteiger partial charge in [-0.2, -0.15) is 0 Å². The summed E-state index contributed by atoms with van der Waals surface area (Å²) in [7, 11) is -6.14. The molecular weight excluding hydrogens is 320 g/mol. The lowest BCUT2D eigenvalue weighted by Crippen LogP contribution is -2.34. The van der Waals surface area contributed by atoms with Crippen LogP contribution in [0.4, 0.5) is 0 Å². The van der Waals surface area contributed by atoms with E-state index in [0.29, 0.717) is 0 Å². The van der Waals surface area contributed by atoms with E-state index in [1.54, 1.807) is 0 Å². The van der Waals surface area contributed by atoms with Gasteiger partial charge in [0.05, 0.1) is 34.8 Å². The standard InChI is InChI=1S/C12H18O7S2/c13-11(9-1-5-20(15,16)6-2-9)19-12(14)10-3-7-21(17,18)8-4-10/h9-10H,1-8H2. The largest absolute Gasteiger partial charge is 0.393 e. The lowest BCUT2D eigenvalue weighted by molar-refractivity contribution is -0.165. The second kappa shape index (κ2) is 6.04. The molecule has 2 rings (SSSR count). The van der Waals surface area contributed by atoms with Crippen LogP contribution >= 0.6 is 0 Å². The highest BCUT2D eigenvalue weighted by Gasteiger charge is 2.34. The molecule has 0 spiro atoms. The van der Waals surface area contributed by atoms with Gasteiger partial charge in [-0.15, -0.1) is 0 Å². The molecule has 0 bridgehead atoms. The van der Waals surface area contributed by atoms with Crippen LogP contribution in [0.15, 0.2) is 0 Å². The van der Waals surface area contributed by atoms with Crippen LogP contribution in [-0.2, 0) is 34.0 Å². The predicted octanol–water partition coefficient (Wildman–Crippen LogP) is -0.294. The zero-order chi connectivity index (χ0) is 15.7. The Labute approximate surface area is 123 Å². The van der Waals surface area contributed by atoms with Gasteiger partial charge in [0.25, 0.3) is 0 Å². The molecule has 2 aliphatic heterocycles. The Balaban J connectivity index is 1.84. The van der Waals surface area contributed by atoms with Crippen molar-refractivity contribution in [3.8, 4) is 0 Å². The predicted molar refractivity (Wildman–Crippen MR) is 73.9 cm³/mol. The molecule has 7 nitrogen and oxygen atoms in total. The van der Waals surface area contributed by atoms with E-state index in [9.17, 15) is 26.4 Å². The fourth-order valence-corrected chi connectivity index (χ4v) is 5.50. The summed E-state index contributed by atoms with van der Waals surface area (Å²) < 4.78 is 49.9. The third-order valence-corrected chi connectivity index (χ3v) is 7.41. The lowest BCUT2D eigenvalue weighted by atomic mass is 10.0. The molecule has 2 fully saturated rings. The van der Waals surface area contributed by atoms with Gasteiger partial charge in [0, 0.05) is 0 Å². The topological polar surface area (TPSA) is 112 Å². The first kappa shape index (κ1) is 16.4. The van der Waals surface area contributed by atoms with E-state index in [2.05, 4.69) is 0 Å². The van der Waals surface area contributed by atoms with E-state index in [0.717, 1.165) is 0 Å². The number of hydrogen-bond acceptors (Lipinski definition) is 7. The summed E-state index contributed by atoms with van der Waals surface area (Å²) in [6.07, 6.45) is 0.696. The van der Waals surface area contributed by atoms with E-state index in [-0.39, 0.29) is 48.7 Å². The summed E-state index contributed by atoms with van der Waals surface area (Å²) in [5, 5.41) is 0. The quantitative estimate of drug-likeness (QED) is 0.502. The Bertz CT molecular complexity index is 549. The van der Waals surface area contributed by atoms with Crippen molar-refractivity contribution in [2.45, 2.75) is 25.7 Å². The second-order valence-electron chi connectivity index (χ2n) is 5.59. The maximum atomic E-state index is 11.8. The Kier molecular flexibility index (Phi) is 4.72. The average Bonchev–Trinajstić information content (AvgIpc) is 2.38. The van der Waals surface area contributed by atoms with Crippen molar-refractivity contribution in [2.24, 2.45) is 11.8 Å². The Morgan fingerprint density at radius 1 is 0.667 bits per heavy atom. The molecule has 9 heteroatoms. The normalized spacial score (nSPS) is 26.1. The number of carbonyl (C=O) groups is 2. The van der Waals surface area contributed by atoms with Crippen LogP contribution in [0.5, 0.6) is 0 Å². The van der Waals surface area contributed by atoms with Gasteiger partial charge in [-0.05, 0) is 25.7 Å². The molecule has 0 aliphatic carbocycles. The van der Waals surface area contributed by atoms with E-state index in [1.807, 2.05) is 0 Å². The molecule has 2 heterocycles. The molecule has 0 aromatic carbocycles. The third-order valence-electron chi connectivity index (χ3n) is 3.98. The molecule has 0 aromatic heterocycles. The van der Waals surface area contributed by atoms with E-state index >= 15 is 0 Å². The highest BCUT2D eigenvalue weighted by Crippen LogP contribution is 2.23. The van der Waals surface area contributed by atoms with Crippen molar-refractivity contribution in [3.05, 3.63) is 0 Å². The maximum Gasteiger partial charge on any atom is 0.316 e. The number of rotatable bonds is 2. The van der Waals surface area contributed by atoms with E-state index < -0.39 is 43.4 Å². The van der Waals surface area contributed by atoms with E-state index in [4.69, 9.17) is 4.74 Å². The number of carbonyl (C=O) groups excluding carboxylic acids is 2. The van der Waals surface area contributed by atoms with Crippen molar-refractivity contribution in [2.75, 3.05) is 23.0 Å². The summed E-state index contributed by atoms with van der Waals surface area (Å²) in [6, 6.07) is 0. The molecule has 0 saturated carbocycles. The van der Waals surface area contributed by atoms with Gasteiger partial charge in [0.1, 0.15) is 19.7 Å². The van der Waals surface area contributed by atoms with Crippen molar-refractivity contribution in [3.63, 3.8) is 0 Å². The molecule has 0 radical (unpaired) electrons. The molecule has 21 heavy (non-hydrogen) atoms. The number of hydrogen-bond donors (Lipinski definition) is 0. The molecule has 2 saturated heterocycles. The second-order valence-corrected chi connectivity index (χ2v) is 10.2. The average molecular weight is 338 g/mol. The first-order valence-corrected chi connectivity index (χ1v) is 10.5. The van der Waals surface area contributed by atoms with Crippen LogP contribution in [0.1, 0.15) is 25.7 Å². The monoisotopic (exact) mass is 338 g/mol. The highest BCUT2D eigenvalue weighted by atomic mass is 32.2. The molecule has 0 atom stereocenters. The Morgan fingerprint density at radius 3 is 1.24 bits per heavy atom. The Hall–Kier alpha value is -0.960. The van der Waals surface area contributed by atoms with Crippen molar-refractivity contribution >= 4 is 31.6 Å². The first-order chi connectivity index (χ1) is 9.69. The number of ether oxygens (including phenoxy) is 1. The van der Waals surface area contributed by atoms with E-state index in [1.165, 1.54) is 0 Å². The van der Waals surface area contributed by atoms with Crippen molar-refractivity contribution in [1.82, 2.24) is 0 Å². The van der Waals surface area contributed by atoms with Crippen LogP contribution in [0.2, 0.25) is 0 Å². The summed E-state index contributed by atoms with van der Waals surface area (Å²) in [5.41, 5.74) is 0. The van der Waals surface area contributed by atoms with Crippen LogP contribution in [-0.4, -0.2) is 51.8 Å². The molecule has 0 unspecified atom stereocenters. The van der Waals surface area contributed by atoms with Crippen molar-refractivity contribution in [1.29, 1.82) is 0 Å². The minimum atomic E-state index is -3.07. The van der Waals surface area contributed by atoms with Gasteiger partial charge in [0.15, 0.2) is 0 Å². The zero-order valence-corrected chi connectivity index (χ0v) is 13.1. The van der Waals surface area contributed by atoms with Crippen LogP contribution in [0, 0.1) is 11.8 Å². The van der Waals surface area contributed by atoms with Crippen LogP contribution in [0.25, 0.3) is 0 Å². The minimum Gasteiger partial charge on any atom is -0.393 e. The van der Waals surface area contributed by atoms with Gasteiger partial charge in [0.2, 0.25) is 0 Å². The minimum absolute atomic E-state index is 0.0668. The van der Waals surface area contributed by atoms with Gasteiger partial charge in [-0.3, -0.25) is 9.59 Å². The summed E-state index contributed by atoms with van der Waals surface area (Å²) in [4.78, 5) is 23.7. The lowest BCUT2D eigenvalue weighted by Gasteiger charge is -2.23.